The Morgan fingerprint density at radius 3 is 2.95 bits per heavy atom. The second-order valence-electron chi connectivity index (χ2n) is 7.04. The first-order chi connectivity index (χ1) is 10.5. The van der Waals surface area contributed by atoms with Gasteiger partial charge in [0.2, 0.25) is 5.91 Å². The van der Waals surface area contributed by atoms with Crippen LogP contribution < -0.4 is 5.73 Å². The first-order valence-electron chi connectivity index (χ1n) is 8.22. The second-order valence-corrected chi connectivity index (χ2v) is 7.82. The molecule has 0 radical (unpaired) electrons. The molecule has 1 aromatic rings. The number of carbonyl (C=O) groups is 1. The van der Waals surface area contributed by atoms with E-state index in [1.54, 1.807) is 11.3 Å². The van der Waals surface area contributed by atoms with Crippen LogP contribution in [0.25, 0.3) is 0 Å². The maximum atomic E-state index is 13.0. The maximum absolute atomic E-state index is 13.0. The van der Waals surface area contributed by atoms with Crippen molar-refractivity contribution in [3.63, 3.8) is 0 Å². The van der Waals surface area contributed by atoms with Crippen LogP contribution in [0.4, 0.5) is 0 Å². The van der Waals surface area contributed by atoms with Crippen LogP contribution in [0.3, 0.4) is 0 Å². The standard InChI is InChI=1S/C17H26N2O2S/c1-12-9-19(10-15(21-12)13-6-8-22-11-13)16(20)14-5-3-4-7-17(14,2)18/h6,8,11-12,14-15H,3-5,7,9-10,18H2,1-2H3. The molecule has 1 aromatic heterocycles. The fraction of sp³-hybridized carbons (Fsp3) is 0.706. The molecular formula is C17H26N2O2S. The molecule has 122 valence electrons. The highest BCUT2D eigenvalue weighted by Gasteiger charge is 2.41. The lowest BCUT2D eigenvalue weighted by Gasteiger charge is -2.43. The highest BCUT2D eigenvalue weighted by molar-refractivity contribution is 7.07. The molecule has 0 aromatic carbocycles. The van der Waals surface area contributed by atoms with Gasteiger partial charge in [0, 0.05) is 12.1 Å². The van der Waals surface area contributed by atoms with Gasteiger partial charge in [-0.2, -0.15) is 11.3 Å². The summed E-state index contributed by atoms with van der Waals surface area (Å²) in [6.45, 7) is 5.40. The normalized spacial score (nSPS) is 36.3. The predicted molar refractivity (Wildman–Crippen MR) is 88.7 cm³/mol. The first kappa shape index (κ1) is 16.0. The van der Waals surface area contributed by atoms with E-state index >= 15 is 0 Å². The SMILES string of the molecule is CC1CN(C(=O)C2CCCCC2(C)N)CC(c2ccsc2)O1. The summed E-state index contributed by atoms with van der Waals surface area (Å²) >= 11 is 1.67. The predicted octanol–water partition coefficient (Wildman–Crippen LogP) is 2.94. The van der Waals surface area contributed by atoms with Gasteiger partial charge in [-0.1, -0.05) is 12.8 Å². The number of amides is 1. The van der Waals surface area contributed by atoms with Crippen LogP contribution in [0, 0.1) is 5.92 Å². The molecule has 0 spiro atoms. The number of carbonyl (C=O) groups excluding carboxylic acids is 1. The van der Waals surface area contributed by atoms with Crippen molar-refractivity contribution in [1.82, 2.24) is 4.90 Å². The monoisotopic (exact) mass is 322 g/mol. The molecule has 4 unspecified atom stereocenters. The Kier molecular flexibility index (Phi) is 4.57. The van der Waals surface area contributed by atoms with Gasteiger partial charge in [-0.05, 0) is 49.1 Å². The van der Waals surface area contributed by atoms with Crippen LogP contribution >= 0.6 is 11.3 Å². The van der Waals surface area contributed by atoms with Crippen LogP contribution in [-0.2, 0) is 9.53 Å². The minimum absolute atomic E-state index is 0.00780. The van der Waals surface area contributed by atoms with Gasteiger partial charge in [0.05, 0.1) is 18.6 Å². The number of hydrogen-bond acceptors (Lipinski definition) is 4. The van der Waals surface area contributed by atoms with Crippen molar-refractivity contribution in [2.75, 3.05) is 13.1 Å². The van der Waals surface area contributed by atoms with Crippen LogP contribution in [0.2, 0.25) is 0 Å². The molecule has 4 atom stereocenters. The van der Waals surface area contributed by atoms with Crippen LogP contribution in [0.1, 0.15) is 51.2 Å². The average Bonchev–Trinajstić information content (AvgIpc) is 2.99. The van der Waals surface area contributed by atoms with Crippen LogP contribution in [0.15, 0.2) is 16.8 Å². The van der Waals surface area contributed by atoms with E-state index in [1.807, 2.05) is 18.7 Å². The third-order valence-corrected chi connectivity index (χ3v) is 5.74. The molecule has 1 saturated heterocycles. The quantitative estimate of drug-likeness (QED) is 0.911. The Bertz CT molecular complexity index is 515. The van der Waals surface area contributed by atoms with Gasteiger partial charge >= 0.3 is 0 Å². The summed E-state index contributed by atoms with van der Waals surface area (Å²) in [5.74, 6) is 0.176. The number of ether oxygens (including phenoxy) is 1. The number of nitrogens with zero attached hydrogens (tertiary/aromatic N) is 1. The molecule has 0 bridgehead atoms. The molecule has 2 aliphatic rings. The summed E-state index contributed by atoms with van der Waals surface area (Å²) in [7, 11) is 0. The van der Waals surface area contributed by atoms with Crippen LogP contribution in [-0.4, -0.2) is 35.5 Å². The fourth-order valence-corrected chi connectivity index (χ4v) is 4.46. The Hall–Kier alpha value is -0.910. The van der Waals surface area contributed by atoms with Crippen LogP contribution in [0.5, 0.6) is 0 Å². The van der Waals surface area contributed by atoms with Crippen molar-refractivity contribution >= 4 is 17.2 Å². The topological polar surface area (TPSA) is 55.6 Å². The van der Waals surface area contributed by atoms with Crippen molar-refractivity contribution in [2.45, 2.75) is 57.3 Å². The zero-order valence-electron chi connectivity index (χ0n) is 13.5. The van der Waals surface area contributed by atoms with Gasteiger partial charge < -0.3 is 15.4 Å². The highest BCUT2D eigenvalue weighted by atomic mass is 32.1. The lowest BCUT2D eigenvalue weighted by Crippen LogP contribution is -2.56. The van der Waals surface area contributed by atoms with Gasteiger partial charge in [0.1, 0.15) is 6.10 Å². The Morgan fingerprint density at radius 2 is 2.27 bits per heavy atom. The number of thiophene rings is 1. The number of nitrogens with two attached hydrogens (primary N) is 1. The van der Waals surface area contributed by atoms with E-state index in [9.17, 15) is 4.79 Å². The van der Waals surface area contributed by atoms with Gasteiger partial charge in [0.25, 0.3) is 0 Å². The molecule has 5 heteroatoms. The lowest BCUT2D eigenvalue weighted by molar-refractivity contribution is -0.152. The summed E-state index contributed by atoms with van der Waals surface area (Å²) in [6.07, 6.45) is 4.16. The summed E-state index contributed by atoms with van der Waals surface area (Å²) in [4.78, 5) is 15.0. The van der Waals surface area contributed by atoms with Gasteiger partial charge in [-0.25, -0.2) is 0 Å². The van der Waals surface area contributed by atoms with E-state index < -0.39 is 0 Å². The first-order valence-corrected chi connectivity index (χ1v) is 9.17. The maximum Gasteiger partial charge on any atom is 0.227 e. The van der Waals surface area contributed by atoms with Crippen molar-refractivity contribution in [3.05, 3.63) is 22.4 Å². The molecule has 3 rings (SSSR count). The van der Waals surface area contributed by atoms with Gasteiger partial charge in [-0.3, -0.25) is 4.79 Å². The van der Waals surface area contributed by atoms with Crippen molar-refractivity contribution < 1.29 is 9.53 Å². The highest BCUT2D eigenvalue weighted by Crippen LogP contribution is 2.35. The van der Waals surface area contributed by atoms with E-state index in [0.29, 0.717) is 13.1 Å². The molecule has 1 aliphatic carbocycles. The summed E-state index contributed by atoms with van der Waals surface area (Å²) < 4.78 is 6.03. The van der Waals surface area contributed by atoms with E-state index in [4.69, 9.17) is 10.5 Å². The third-order valence-electron chi connectivity index (χ3n) is 5.04. The largest absolute Gasteiger partial charge is 0.367 e. The van der Waals surface area contributed by atoms with E-state index in [0.717, 1.165) is 25.7 Å². The Morgan fingerprint density at radius 1 is 1.45 bits per heavy atom. The Balaban J connectivity index is 1.74. The molecule has 1 amide bonds. The fourth-order valence-electron chi connectivity index (χ4n) is 3.76. The molecule has 2 heterocycles. The van der Waals surface area contributed by atoms with Gasteiger partial charge in [0.15, 0.2) is 0 Å². The molecule has 22 heavy (non-hydrogen) atoms. The third kappa shape index (κ3) is 3.21. The second kappa shape index (κ2) is 6.30. The zero-order valence-corrected chi connectivity index (χ0v) is 14.3. The number of rotatable bonds is 2. The molecule has 1 aliphatic heterocycles. The van der Waals surface area contributed by atoms with Crippen molar-refractivity contribution in [3.8, 4) is 0 Å². The Labute approximate surface area is 136 Å². The number of hydrogen-bond donors (Lipinski definition) is 1. The summed E-state index contributed by atoms with van der Waals surface area (Å²) in [5.41, 5.74) is 7.22. The lowest BCUT2D eigenvalue weighted by atomic mass is 9.74. The summed E-state index contributed by atoms with van der Waals surface area (Å²) in [6, 6.07) is 2.09. The number of morpholine rings is 1. The van der Waals surface area contributed by atoms with E-state index in [1.165, 1.54) is 5.56 Å². The summed E-state index contributed by atoms with van der Waals surface area (Å²) in [5, 5.41) is 4.17. The van der Waals surface area contributed by atoms with Crippen molar-refractivity contribution in [2.24, 2.45) is 11.7 Å². The zero-order chi connectivity index (χ0) is 15.7. The van der Waals surface area contributed by atoms with Gasteiger partial charge in [-0.15, -0.1) is 0 Å². The molecule has 1 saturated carbocycles. The van der Waals surface area contributed by atoms with E-state index in [2.05, 4.69) is 16.8 Å². The minimum atomic E-state index is -0.366. The smallest absolute Gasteiger partial charge is 0.227 e. The molecule has 2 fully saturated rings. The van der Waals surface area contributed by atoms with Crippen molar-refractivity contribution in [1.29, 1.82) is 0 Å². The molecule has 4 nitrogen and oxygen atoms in total. The molecule has 2 N–H and O–H groups in total. The van der Waals surface area contributed by atoms with E-state index in [-0.39, 0.29) is 29.6 Å². The molecular weight excluding hydrogens is 296 g/mol. The minimum Gasteiger partial charge on any atom is -0.367 e. The average molecular weight is 322 g/mol.